The molecule has 1 fully saturated rings. The predicted molar refractivity (Wildman–Crippen MR) is 134 cm³/mol. The van der Waals surface area contributed by atoms with E-state index < -0.39 is 0 Å². The molecule has 8 nitrogen and oxygen atoms in total. The number of hydrogen-bond acceptors (Lipinski definition) is 7. The van der Waals surface area contributed by atoms with Crippen LogP contribution in [-0.4, -0.2) is 67.4 Å². The lowest BCUT2D eigenvalue weighted by Crippen LogP contribution is -2.44. The first-order valence-electron chi connectivity index (χ1n) is 11.6. The topological polar surface area (TPSA) is 79.8 Å². The van der Waals surface area contributed by atoms with Crippen LogP contribution in [0.25, 0.3) is 11.3 Å². The molecule has 1 aliphatic rings. The van der Waals surface area contributed by atoms with E-state index >= 15 is 0 Å². The molecule has 4 rings (SSSR count). The van der Waals surface area contributed by atoms with Crippen LogP contribution in [0, 0.1) is 0 Å². The second-order valence-electron chi connectivity index (χ2n) is 8.30. The van der Waals surface area contributed by atoms with Crippen LogP contribution in [0.4, 0.5) is 11.5 Å². The Balaban J connectivity index is 1.31. The molecule has 178 valence electrons. The minimum atomic E-state index is -0.236. The Labute approximate surface area is 200 Å². The molecule has 34 heavy (non-hydrogen) atoms. The minimum Gasteiger partial charge on any atom is -0.494 e. The zero-order chi connectivity index (χ0) is 23.8. The number of carbonyl (C=O) groups is 1. The fraction of sp³-hybridized carbons (Fsp3) is 0.346. The van der Waals surface area contributed by atoms with Crippen LogP contribution in [0.15, 0.2) is 60.7 Å². The second-order valence-corrected chi connectivity index (χ2v) is 8.30. The molecule has 0 aliphatic carbocycles. The fourth-order valence-corrected chi connectivity index (χ4v) is 3.64. The fourth-order valence-electron chi connectivity index (χ4n) is 3.64. The Morgan fingerprint density at radius 3 is 2.35 bits per heavy atom. The summed E-state index contributed by atoms with van der Waals surface area (Å²) in [5.74, 6) is 2.06. The van der Waals surface area contributed by atoms with Crippen LogP contribution in [0.5, 0.6) is 11.5 Å². The molecule has 1 N–H and O–H groups in total. The first-order valence-corrected chi connectivity index (χ1v) is 11.6. The Morgan fingerprint density at radius 1 is 0.941 bits per heavy atom. The molecule has 0 unspecified atom stereocenters. The van der Waals surface area contributed by atoms with E-state index in [-0.39, 0.29) is 12.5 Å². The Bertz CT molecular complexity index is 1060. The van der Waals surface area contributed by atoms with Crippen LogP contribution in [0.1, 0.15) is 13.3 Å². The monoisotopic (exact) mass is 461 g/mol. The highest BCUT2D eigenvalue weighted by Gasteiger charge is 2.16. The molecule has 0 atom stereocenters. The number of nitrogens with one attached hydrogen (secondary N) is 1. The molecule has 2 aromatic carbocycles. The van der Waals surface area contributed by atoms with Gasteiger partial charge in [-0.15, -0.1) is 10.2 Å². The Morgan fingerprint density at radius 2 is 1.68 bits per heavy atom. The molecule has 0 radical (unpaired) electrons. The number of ether oxygens (including phenoxy) is 2. The number of benzene rings is 2. The molecular formula is C26H31N5O3. The molecule has 1 amide bonds. The van der Waals surface area contributed by atoms with Crippen molar-refractivity contribution in [1.82, 2.24) is 15.1 Å². The van der Waals surface area contributed by atoms with E-state index in [1.54, 1.807) is 12.1 Å². The Kier molecular flexibility index (Phi) is 7.93. The van der Waals surface area contributed by atoms with Crippen molar-refractivity contribution in [2.75, 3.05) is 56.7 Å². The van der Waals surface area contributed by atoms with Crippen molar-refractivity contribution in [3.8, 4) is 22.8 Å². The lowest BCUT2D eigenvalue weighted by Gasteiger charge is -2.32. The van der Waals surface area contributed by atoms with Gasteiger partial charge in [-0.05, 0) is 62.0 Å². The van der Waals surface area contributed by atoms with Crippen LogP contribution in [-0.2, 0) is 4.79 Å². The maximum absolute atomic E-state index is 12.4. The Hall–Kier alpha value is -3.65. The third-order valence-corrected chi connectivity index (χ3v) is 5.59. The summed E-state index contributed by atoms with van der Waals surface area (Å²) in [6.07, 6.45) is 0.952. The zero-order valence-corrected chi connectivity index (χ0v) is 19.7. The van der Waals surface area contributed by atoms with Gasteiger partial charge in [0, 0.05) is 37.4 Å². The second kappa shape index (κ2) is 11.5. The van der Waals surface area contributed by atoms with Crippen LogP contribution >= 0.6 is 0 Å². The van der Waals surface area contributed by atoms with Crippen molar-refractivity contribution in [3.63, 3.8) is 0 Å². The summed E-state index contributed by atoms with van der Waals surface area (Å²) >= 11 is 0. The smallest absolute Gasteiger partial charge is 0.262 e. The van der Waals surface area contributed by atoms with Gasteiger partial charge in [0.05, 0.1) is 12.3 Å². The van der Waals surface area contributed by atoms with Gasteiger partial charge in [-0.25, -0.2) is 0 Å². The number of likely N-dealkylation sites (N-methyl/N-ethyl adjacent to an activating group) is 1. The van der Waals surface area contributed by atoms with E-state index in [1.807, 2.05) is 48.5 Å². The van der Waals surface area contributed by atoms with E-state index in [4.69, 9.17) is 9.47 Å². The lowest BCUT2D eigenvalue weighted by atomic mass is 10.1. The molecule has 0 bridgehead atoms. The number of aromatic nitrogens is 2. The van der Waals surface area contributed by atoms with Crippen LogP contribution in [0.2, 0.25) is 0 Å². The van der Waals surface area contributed by atoms with Gasteiger partial charge < -0.3 is 24.6 Å². The molecule has 3 aromatic rings. The zero-order valence-electron chi connectivity index (χ0n) is 19.7. The van der Waals surface area contributed by atoms with Crippen molar-refractivity contribution in [2.45, 2.75) is 13.3 Å². The highest BCUT2D eigenvalue weighted by molar-refractivity contribution is 5.92. The number of carbonyl (C=O) groups excluding carboxylic acids is 1. The maximum Gasteiger partial charge on any atom is 0.262 e. The van der Waals surface area contributed by atoms with Gasteiger partial charge in [0.25, 0.3) is 5.91 Å². The molecule has 0 saturated carbocycles. The van der Waals surface area contributed by atoms with Gasteiger partial charge in [-0.2, -0.15) is 0 Å². The molecule has 1 saturated heterocycles. The summed E-state index contributed by atoms with van der Waals surface area (Å²) in [5, 5.41) is 11.7. The highest BCUT2D eigenvalue weighted by Crippen LogP contribution is 2.23. The standard InChI is InChI=1S/C26H31N5O3/c1-3-17-33-22-7-9-23(10-8-22)34-19-26(32)27-21-6-4-5-20(18-21)24-11-12-25(29-28-24)31-15-13-30(2)14-16-31/h4-12,18H,3,13-17,19H2,1-2H3,(H,27,32). The van der Waals surface area contributed by atoms with Gasteiger partial charge in [-0.3, -0.25) is 4.79 Å². The molecule has 0 spiro atoms. The molecule has 8 heteroatoms. The molecule has 2 heterocycles. The number of piperazine rings is 1. The summed E-state index contributed by atoms with van der Waals surface area (Å²) in [7, 11) is 2.13. The van der Waals surface area contributed by atoms with E-state index in [1.165, 1.54) is 0 Å². The quantitative estimate of drug-likeness (QED) is 0.520. The summed E-state index contributed by atoms with van der Waals surface area (Å²) in [5.41, 5.74) is 2.33. The van der Waals surface area contributed by atoms with Crippen molar-refractivity contribution in [2.24, 2.45) is 0 Å². The first-order chi connectivity index (χ1) is 16.6. The van der Waals surface area contributed by atoms with Crippen molar-refractivity contribution < 1.29 is 14.3 Å². The minimum absolute atomic E-state index is 0.0844. The number of anilines is 2. The largest absolute Gasteiger partial charge is 0.494 e. The number of amides is 1. The summed E-state index contributed by atoms with van der Waals surface area (Å²) in [6.45, 7) is 6.59. The molecular weight excluding hydrogens is 430 g/mol. The maximum atomic E-state index is 12.4. The number of rotatable bonds is 9. The van der Waals surface area contributed by atoms with Gasteiger partial charge >= 0.3 is 0 Å². The average molecular weight is 462 g/mol. The summed E-state index contributed by atoms with van der Waals surface area (Å²) in [6, 6.07) is 18.8. The van der Waals surface area contributed by atoms with Gasteiger partial charge in [0.15, 0.2) is 12.4 Å². The first kappa shape index (κ1) is 23.5. The van der Waals surface area contributed by atoms with E-state index in [0.29, 0.717) is 18.0 Å². The highest BCUT2D eigenvalue weighted by atomic mass is 16.5. The van der Waals surface area contributed by atoms with Gasteiger partial charge in [0.1, 0.15) is 11.5 Å². The number of hydrogen-bond donors (Lipinski definition) is 1. The van der Waals surface area contributed by atoms with Gasteiger partial charge in [0.2, 0.25) is 0 Å². The van der Waals surface area contributed by atoms with Crippen molar-refractivity contribution in [3.05, 3.63) is 60.7 Å². The number of nitrogens with zero attached hydrogens (tertiary/aromatic N) is 4. The van der Waals surface area contributed by atoms with Crippen molar-refractivity contribution >= 4 is 17.4 Å². The predicted octanol–water partition coefficient (Wildman–Crippen LogP) is 3.70. The third kappa shape index (κ3) is 6.45. The summed E-state index contributed by atoms with van der Waals surface area (Å²) < 4.78 is 11.1. The lowest BCUT2D eigenvalue weighted by molar-refractivity contribution is -0.118. The SMILES string of the molecule is CCCOc1ccc(OCC(=O)Nc2cccc(-c3ccc(N4CCN(C)CC4)nn3)c2)cc1. The average Bonchev–Trinajstić information content (AvgIpc) is 2.87. The van der Waals surface area contributed by atoms with E-state index in [9.17, 15) is 4.79 Å². The van der Waals surface area contributed by atoms with E-state index in [0.717, 1.165) is 55.4 Å². The van der Waals surface area contributed by atoms with Crippen LogP contribution < -0.4 is 19.7 Å². The van der Waals surface area contributed by atoms with Gasteiger partial charge in [-0.1, -0.05) is 19.1 Å². The van der Waals surface area contributed by atoms with E-state index in [2.05, 4.69) is 39.3 Å². The molecule has 1 aliphatic heterocycles. The van der Waals surface area contributed by atoms with Crippen LogP contribution in [0.3, 0.4) is 0 Å². The summed E-state index contributed by atoms with van der Waals surface area (Å²) in [4.78, 5) is 16.9. The molecule has 1 aromatic heterocycles. The third-order valence-electron chi connectivity index (χ3n) is 5.59. The van der Waals surface area contributed by atoms with Crippen molar-refractivity contribution in [1.29, 1.82) is 0 Å². The normalized spacial score (nSPS) is 14.0.